The molecule has 4 rings (SSSR count). The highest BCUT2D eigenvalue weighted by molar-refractivity contribution is 6.07. The second-order valence-electron chi connectivity index (χ2n) is 8.90. The van der Waals surface area contributed by atoms with Crippen LogP contribution in [0.25, 0.3) is 0 Å². The highest BCUT2D eigenvalue weighted by Gasteiger charge is 2.52. The van der Waals surface area contributed by atoms with Crippen LogP contribution in [0.1, 0.15) is 49.2 Å². The number of amides is 3. The van der Waals surface area contributed by atoms with Crippen LogP contribution in [0, 0.1) is 18.7 Å². The molecule has 2 aliphatic heterocycles. The third-order valence-corrected chi connectivity index (χ3v) is 6.81. The Balaban J connectivity index is 1.39. The third-order valence-electron chi connectivity index (χ3n) is 6.81. The van der Waals surface area contributed by atoms with Crippen LogP contribution in [0.4, 0.5) is 9.18 Å². The number of rotatable bonds is 7. The summed E-state index contributed by atoms with van der Waals surface area (Å²) in [5.74, 6) is 1.55. The predicted molar refractivity (Wildman–Crippen MR) is 115 cm³/mol. The molecule has 2 atom stereocenters. The van der Waals surface area contributed by atoms with Crippen molar-refractivity contribution in [2.45, 2.75) is 51.0 Å². The maximum Gasteiger partial charge on any atom is 0.322 e. The summed E-state index contributed by atoms with van der Waals surface area (Å²) >= 11 is 0. The van der Waals surface area contributed by atoms with Gasteiger partial charge < -0.3 is 14.6 Å². The average molecular weight is 428 g/mol. The minimum atomic E-state index is -1.09. The zero-order chi connectivity index (χ0) is 22.0. The number of benzene rings is 1. The Hall–Kier alpha value is -2.67. The fourth-order valence-electron chi connectivity index (χ4n) is 4.89. The number of imide groups is 1. The molecule has 2 N–H and O–H groups in total. The Morgan fingerprint density at radius 2 is 1.94 bits per heavy atom. The van der Waals surface area contributed by atoms with Crippen LogP contribution in [0.3, 0.4) is 0 Å². The number of hydrogen-bond acceptors (Lipinski definition) is 4. The number of hydrogen-bond donors (Lipinski definition) is 2. The lowest BCUT2D eigenvalue weighted by Crippen LogP contribution is -2.57. The summed E-state index contributed by atoms with van der Waals surface area (Å²) in [6.45, 7) is 6.77. The van der Waals surface area contributed by atoms with E-state index in [1.807, 2.05) is 19.1 Å². The molecule has 1 aromatic carbocycles. The van der Waals surface area contributed by atoms with Gasteiger partial charge in [-0.3, -0.25) is 10.1 Å². The lowest BCUT2D eigenvalue weighted by atomic mass is 9.74. The molecular weight excluding hydrogens is 397 g/mol. The van der Waals surface area contributed by atoms with E-state index in [9.17, 15) is 14.0 Å². The van der Waals surface area contributed by atoms with Crippen molar-refractivity contribution in [2.24, 2.45) is 5.92 Å². The van der Waals surface area contributed by atoms with Crippen molar-refractivity contribution in [1.29, 1.82) is 0 Å². The van der Waals surface area contributed by atoms with Crippen molar-refractivity contribution in [1.82, 2.24) is 15.5 Å². The number of carbonyl (C=O) groups excluding carboxylic acids is 2. The van der Waals surface area contributed by atoms with Gasteiger partial charge in [0.25, 0.3) is 5.91 Å². The Kier molecular flexibility index (Phi) is 6.14. The number of nitrogens with zero attached hydrogens (tertiary/aromatic N) is 1. The Labute approximate surface area is 182 Å². The summed E-state index contributed by atoms with van der Waals surface area (Å²) in [6, 6.07) is 10.00. The first kappa shape index (κ1) is 21.6. The molecule has 0 bridgehead atoms. The number of aryl methyl sites for hydroxylation is 1. The summed E-state index contributed by atoms with van der Waals surface area (Å²) in [5.41, 5.74) is -0.644. The first-order chi connectivity index (χ1) is 14.9. The quantitative estimate of drug-likeness (QED) is 0.660. The van der Waals surface area contributed by atoms with Gasteiger partial charge in [0.15, 0.2) is 0 Å². The van der Waals surface area contributed by atoms with Crippen LogP contribution in [0.5, 0.6) is 0 Å². The van der Waals surface area contributed by atoms with Crippen LogP contribution in [0.15, 0.2) is 40.8 Å². The molecule has 3 amide bonds. The van der Waals surface area contributed by atoms with Crippen LogP contribution in [0.2, 0.25) is 0 Å². The van der Waals surface area contributed by atoms with E-state index in [0.29, 0.717) is 11.5 Å². The van der Waals surface area contributed by atoms with E-state index in [-0.39, 0.29) is 24.1 Å². The number of carbonyl (C=O) groups is 2. The fourth-order valence-corrected chi connectivity index (χ4v) is 4.89. The topological polar surface area (TPSA) is 74.6 Å². The summed E-state index contributed by atoms with van der Waals surface area (Å²) in [7, 11) is 0. The van der Waals surface area contributed by atoms with E-state index in [1.165, 1.54) is 6.07 Å². The van der Waals surface area contributed by atoms with Crippen LogP contribution in [-0.4, -0.2) is 42.0 Å². The summed E-state index contributed by atoms with van der Waals surface area (Å²) in [6.07, 6.45) is 2.71. The average Bonchev–Trinajstić information content (AvgIpc) is 3.31. The number of halogens is 1. The van der Waals surface area contributed by atoms with Crippen molar-refractivity contribution in [3.05, 3.63) is 59.3 Å². The number of piperidine rings is 1. The molecule has 0 radical (unpaired) electrons. The van der Waals surface area contributed by atoms with Gasteiger partial charge in [-0.1, -0.05) is 25.1 Å². The molecule has 2 saturated heterocycles. The van der Waals surface area contributed by atoms with Crippen molar-refractivity contribution < 1.29 is 18.4 Å². The van der Waals surface area contributed by atoms with Crippen LogP contribution >= 0.6 is 0 Å². The molecule has 0 unspecified atom stereocenters. The van der Waals surface area contributed by atoms with Crippen LogP contribution in [-0.2, 0) is 11.2 Å². The maximum absolute atomic E-state index is 14.3. The highest BCUT2D eigenvalue weighted by Crippen LogP contribution is 2.35. The van der Waals surface area contributed by atoms with E-state index in [0.717, 1.165) is 50.4 Å². The van der Waals surface area contributed by atoms with Crippen molar-refractivity contribution >= 4 is 11.9 Å². The first-order valence-electron chi connectivity index (χ1n) is 11.0. The molecule has 0 saturated carbocycles. The van der Waals surface area contributed by atoms with Crippen molar-refractivity contribution in [3.8, 4) is 0 Å². The van der Waals surface area contributed by atoms with Crippen LogP contribution < -0.4 is 10.6 Å². The van der Waals surface area contributed by atoms with Gasteiger partial charge >= 0.3 is 6.03 Å². The monoisotopic (exact) mass is 427 g/mol. The maximum atomic E-state index is 14.3. The lowest BCUT2D eigenvalue weighted by Gasteiger charge is -2.41. The Morgan fingerprint density at radius 3 is 2.55 bits per heavy atom. The van der Waals surface area contributed by atoms with Crippen molar-refractivity contribution in [3.63, 3.8) is 0 Å². The van der Waals surface area contributed by atoms with Gasteiger partial charge in [0.1, 0.15) is 22.9 Å². The number of nitrogens with one attached hydrogen (secondary N) is 2. The van der Waals surface area contributed by atoms with E-state index in [2.05, 4.69) is 22.5 Å². The minimum Gasteiger partial charge on any atom is -0.466 e. The van der Waals surface area contributed by atoms with Gasteiger partial charge in [0.05, 0.1) is 0 Å². The lowest BCUT2D eigenvalue weighted by molar-refractivity contribution is -0.126. The molecule has 0 aliphatic carbocycles. The molecule has 2 aromatic rings. The molecule has 7 heteroatoms. The highest BCUT2D eigenvalue weighted by atomic mass is 19.1. The van der Waals surface area contributed by atoms with Gasteiger partial charge in [-0.25, -0.2) is 9.18 Å². The number of furan rings is 1. The SMILES string of the molecule is Cc1ccc([C@@H](C)CCN2CCC([C@]3(Cc4ccccc4F)NC(=O)NC3=O)CC2)o1. The second-order valence-corrected chi connectivity index (χ2v) is 8.90. The smallest absolute Gasteiger partial charge is 0.322 e. The van der Waals surface area contributed by atoms with Gasteiger partial charge in [0, 0.05) is 12.3 Å². The van der Waals surface area contributed by atoms with Crippen molar-refractivity contribution in [2.75, 3.05) is 19.6 Å². The van der Waals surface area contributed by atoms with E-state index in [1.54, 1.807) is 18.2 Å². The molecule has 31 heavy (non-hydrogen) atoms. The number of urea groups is 1. The minimum absolute atomic E-state index is 0.0417. The van der Waals surface area contributed by atoms with E-state index >= 15 is 0 Å². The fraction of sp³-hybridized carbons (Fsp3) is 0.500. The van der Waals surface area contributed by atoms with E-state index in [4.69, 9.17) is 4.42 Å². The zero-order valence-electron chi connectivity index (χ0n) is 18.1. The first-order valence-corrected chi connectivity index (χ1v) is 11.0. The normalized spacial score (nSPS) is 23.6. The predicted octanol–water partition coefficient (Wildman–Crippen LogP) is 3.75. The molecule has 0 spiro atoms. The molecule has 2 fully saturated rings. The standard InChI is InChI=1S/C24H30FN3O3/c1-16(21-8-7-17(2)31-21)9-12-28-13-10-19(11-14-28)24(22(29)26-23(30)27-24)15-18-5-3-4-6-20(18)25/h3-8,16,19H,9-15H2,1-2H3,(H2,26,27,29,30)/t16-,24-/m0/s1. The number of likely N-dealkylation sites (tertiary alicyclic amines) is 1. The zero-order valence-corrected chi connectivity index (χ0v) is 18.1. The largest absolute Gasteiger partial charge is 0.466 e. The molecular formula is C24H30FN3O3. The van der Waals surface area contributed by atoms with Gasteiger partial charge in [-0.05, 0) is 75.5 Å². The third kappa shape index (κ3) is 4.51. The van der Waals surface area contributed by atoms with Gasteiger partial charge in [-0.15, -0.1) is 0 Å². The molecule has 2 aliphatic rings. The summed E-state index contributed by atoms with van der Waals surface area (Å²) in [4.78, 5) is 27.2. The molecule has 3 heterocycles. The molecule has 166 valence electrons. The molecule has 1 aromatic heterocycles. The Morgan fingerprint density at radius 1 is 1.19 bits per heavy atom. The summed E-state index contributed by atoms with van der Waals surface area (Å²) < 4.78 is 20.1. The second kappa shape index (κ2) is 8.83. The summed E-state index contributed by atoms with van der Waals surface area (Å²) in [5, 5.41) is 5.23. The molecule has 6 nitrogen and oxygen atoms in total. The van der Waals surface area contributed by atoms with Gasteiger partial charge in [0.2, 0.25) is 0 Å². The van der Waals surface area contributed by atoms with Gasteiger partial charge in [-0.2, -0.15) is 0 Å². The Bertz CT molecular complexity index is 951. The van der Waals surface area contributed by atoms with E-state index < -0.39 is 11.6 Å².